The Morgan fingerprint density at radius 3 is 2.85 bits per heavy atom. The summed E-state index contributed by atoms with van der Waals surface area (Å²) in [5.41, 5.74) is 0.522. The summed E-state index contributed by atoms with van der Waals surface area (Å²) in [7, 11) is 0. The van der Waals surface area contributed by atoms with Crippen molar-refractivity contribution in [3.8, 4) is 0 Å². The maximum atomic E-state index is 12.7. The second-order valence-electron chi connectivity index (χ2n) is 7.57. The predicted octanol–water partition coefficient (Wildman–Crippen LogP) is 2.90. The zero-order valence-corrected chi connectivity index (χ0v) is 15.9. The Labute approximate surface area is 158 Å². The van der Waals surface area contributed by atoms with Crippen LogP contribution in [0.1, 0.15) is 66.4 Å². The first-order chi connectivity index (χ1) is 12.8. The van der Waals surface area contributed by atoms with Gasteiger partial charge in [-0.3, -0.25) is 4.79 Å². The molecule has 1 saturated carbocycles. The highest BCUT2D eigenvalue weighted by molar-refractivity contribution is 7.10. The highest BCUT2D eigenvalue weighted by atomic mass is 32.1. The van der Waals surface area contributed by atoms with Crippen LogP contribution in [0, 0.1) is 0 Å². The van der Waals surface area contributed by atoms with Gasteiger partial charge in [0.1, 0.15) is 0 Å². The number of thiophene rings is 1. The molecular weight excluding hydrogens is 346 g/mol. The first kappa shape index (κ1) is 17.7. The van der Waals surface area contributed by atoms with Crippen molar-refractivity contribution < 1.29 is 4.79 Å². The molecule has 0 atom stereocenters. The molecule has 7 heteroatoms. The van der Waals surface area contributed by atoms with E-state index in [0.717, 1.165) is 38.8 Å². The van der Waals surface area contributed by atoms with Gasteiger partial charge in [0.15, 0.2) is 5.69 Å². The van der Waals surface area contributed by atoms with Gasteiger partial charge in [-0.05, 0) is 50.2 Å². The second-order valence-corrected chi connectivity index (χ2v) is 8.51. The van der Waals surface area contributed by atoms with Crippen LogP contribution in [0.25, 0.3) is 0 Å². The lowest BCUT2D eigenvalue weighted by atomic mass is 9.73. The van der Waals surface area contributed by atoms with Crippen LogP contribution in [-0.4, -0.2) is 40.5 Å². The van der Waals surface area contributed by atoms with Gasteiger partial charge in [0.25, 0.3) is 5.91 Å². The number of aromatic nitrogens is 3. The molecule has 0 unspecified atom stereocenters. The van der Waals surface area contributed by atoms with Crippen LogP contribution in [0.5, 0.6) is 0 Å². The van der Waals surface area contributed by atoms with Crippen LogP contribution in [0.15, 0.2) is 23.7 Å². The van der Waals surface area contributed by atoms with Crippen molar-refractivity contribution in [2.45, 2.75) is 56.4 Å². The largest absolute Gasteiger partial charge is 0.350 e. The van der Waals surface area contributed by atoms with Crippen molar-refractivity contribution in [1.29, 1.82) is 0 Å². The first-order valence-corrected chi connectivity index (χ1v) is 10.6. The number of nitrogens with zero attached hydrogens (tertiary/aromatic N) is 3. The summed E-state index contributed by atoms with van der Waals surface area (Å²) in [5.74, 6) is -0.105. The molecule has 2 aromatic rings. The Morgan fingerprint density at radius 2 is 2.12 bits per heavy atom. The minimum Gasteiger partial charge on any atom is -0.350 e. The molecule has 1 aliphatic heterocycles. The predicted molar refractivity (Wildman–Crippen MR) is 103 cm³/mol. The Balaban J connectivity index is 1.42. The zero-order chi connectivity index (χ0) is 17.8. The maximum Gasteiger partial charge on any atom is 0.273 e. The molecule has 140 valence electrons. The van der Waals surface area contributed by atoms with Gasteiger partial charge in [-0.2, -0.15) is 0 Å². The number of amides is 1. The number of carbonyl (C=O) groups is 1. The second kappa shape index (κ2) is 7.88. The molecule has 0 radical (unpaired) electrons. The van der Waals surface area contributed by atoms with Crippen LogP contribution < -0.4 is 10.6 Å². The topological polar surface area (TPSA) is 71.8 Å². The lowest BCUT2D eigenvalue weighted by molar-refractivity contribution is 0.0932. The summed E-state index contributed by atoms with van der Waals surface area (Å²) < 4.78 is 1.87. The van der Waals surface area contributed by atoms with Gasteiger partial charge in [0.2, 0.25) is 0 Å². The number of piperidine rings is 1. The van der Waals surface area contributed by atoms with E-state index in [-0.39, 0.29) is 11.3 Å². The van der Waals surface area contributed by atoms with E-state index in [1.54, 1.807) is 0 Å². The molecule has 1 saturated heterocycles. The molecule has 2 N–H and O–H groups in total. The van der Waals surface area contributed by atoms with E-state index < -0.39 is 0 Å². The van der Waals surface area contributed by atoms with E-state index in [0.29, 0.717) is 18.3 Å². The van der Waals surface area contributed by atoms with E-state index in [1.165, 1.54) is 24.1 Å². The minimum atomic E-state index is -0.105. The number of nitrogens with one attached hydrogen (secondary N) is 2. The zero-order valence-electron chi connectivity index (χ0n) is 15.1. The van der Waals surface area contributed by atoms with E-state index >= 15 is 0 Å². The van der Waals surface area contributed by atoms with Crippen LogP contribution >= 0.6 is 11.3 Å². The summed E-state index contributed by atoms with van der Waals surface area (Å²) in [6.07, 6.45) is 9.94. The highest BCUT2D eigenvalue weighted by Crippen LogP contribution is 2.41. The third-order valence-corrected chi connectivity index (χ3v) is 6.98. The molecule has 2 fully saturated rings. The fourth-order valence-electron chi connectivity index (χ4n) is 4.29. The third-order valence-electron chi connectivity index (χ3n) is 5.87. The van der Waals surface area contributed by atoms with Crippen molar-refractivity contribution in [2.24, 2.45) is 0 Å². The van der Waals surface area contributed by atoms with Crippen molar-refractivity contribution in [2.75, 3.05) is 19.6 Å². The van der Waals surface area contributed by atoms with E-state index in [2.05, 4.69) is 38.5 Å². The van der Waals surface area contributed by atoms with Gasteiger partial charge in [-0.15, -0.1) is 16.4 Å². The molecule has 0 aromatic carbocycles. The Hall–Kier alpha value is -1.73. The number of hydrogen-bond acceptors (Lipinski definition) is 5. The number of hydrogen-bond donors (Lipinski definition) is 2. The fraction of sp³-hybridized carbons (Fsp3) is 0.632. The van der Waals surface area contributed by atoms with E-state index in [9.17, 15) is 4.79 Å². The van der Waals surface area contributed by atoms with Gasteiger partial charge in [0.05, 0.1) is 12.2 Å². The molecule has 0 spiro atoms. The lowest BCUT2D eigenvalue weighted by Gasteiger charge is -2.36. The number of rotatable bonds is 5. The normalized spacial score (nSPS) is 20.8. The van der Waals surface area contributed by atoms with Gasteiger partial charge in [-0.1, -0.05) is 30.5 Å². The SMILES string of the molecule is O=C(NCC1(c2cccs2)CCCCC1)c1cn(C2CCNCC2)nn1. The monoisotopic (exact) mass is 373 g/mol. The van der Waals surface area contributed by atoms with Gasteiger partial charge in [-0.25, -0.2) is 4.68 Å². The molecule has 3 heterocycles. The van der Waals surface area contributed by atoms with Crippen molar-refractivity contribution in [1.82, 2.24) is 25.6 Å². The van der Waals surface area contributed by atoms with Crippen molar-refractivity contribution in [3.63, 3.8) is 0 Å². The molecule has 2 aliphatic rings. The number of carbonyl (C=O) groups excluding carboxylic acids is 1. The molecule has 0 bridgehead atoms. The first-order valence-electron chi connectivity index (χ1n) is 9.72. The van der Waals surface area contributed by atoms with Gasteiger partial charge >= 0.3 is 0 Å². The maximum absolute atomic E-state index is 12.7. The molecular formula is C19H27N5OS. The molecule has 1 aliphatic carbocycles. The molecule has 26 heavy (non-hydrogen) atoms. The molecule has 1 amide bonds. The summed E-state index contributed by atoms with van der Waals surface area (Å²) >= 11 is 1.81. The summed E-state index contributed by atoms with van der Waals surface area (Å²) in [5, 5.41) is 17.0. The quantitative estimate of drug-likeness (QED) is 0.845. The average molecular weight is 374 g/mol. The van der Waals surface area contributed by atoms with Crippen LogP contribution in [0.4, 0.5) is 0 Å². The van der Waals surface area contributed by atoms with Gasteiger partial charge in [0, 0.05) is 16.8 Å². The Bertz CT molecular complexity index is 714. The van der Waals surface area contributed by atoms with Crippen molar-refractivity contribution in [3.05, 3.63) is 34.3 Å². The van der Waals surface area contributed by atoms with Crippen molar-refractivity contribution >= 4 is 17.2 Å². The average Bonchev–Trinajstić information content (AvgIpc) is 3.40. The summed E-state index contributed by atoms with van der Waals surface area (Å²) in [4.78, 5) is 14.1. The smallest absolute Gasteiger partial charge is 0.273 e. The molecule has 4 rings (SSSR count). The highest BCUT2D eigenvalue weighted by Gasteiger charge is 2.35. The molecule has 2 aromatic heterocycles. The van der Waals surface area contributed by atoms with E-state index in [4.69, 9.17) is 0 Å². The van der Waals surface area contributed by atoms with Crippen LogP contribution in [-0.2, 0) is 5.41 Å². The Kier molecular flexibility index (Phi) is 5.36. The van der Waals surface area contributed by atoms with Gasteiger partial charge < -0.3 is 10.6 Å². The fourth-order valence-corrected chi connectivity index (χ4v) is 5.28. The minimum absolute atomic E-state index is 0.0904. The Morgan fingerprint density at radius 1 is 1.31 bits per heavy atom. The molecule has 6 nitrogen and oxygen atoms in total. The summed E-state index contributed by atoms with van der Waals surface area (Å²) in [6.45, 7) is 2.68. The summed E-state index contributed by atoms with van der Waals surface area (Å²) in [6, 6.07) is 4.68. The lowest BCUT2D eigenvalue weighted by Crippen LogP contribution is -2.41. The third kappa shape index (κ3) is 3.69. The van der Waals surface area contributed by atoms with Crippen LogP contribution in [0.3, 0.4) is 0 Å². The standard InChI is InChI=1S/C19H27N5OS/c25-18(16-13-24(23-22-16)15-6-10-20-11-7-15)21-14-19(8-2-1-3-9-19)17-5-4-12-26-17/h4-5,12-13,15,20H,1-3,6-11,14H2,(H,21,25). The van der Waals surface area contributed by atoms with E-state index in [1.807, 2.05) is 22.2 Å². The van der Waals surface area contributed by atoms with Crippen LogP contribution in [0.2, 0.25) is 0 Å².